The average molecular weight is 367 g/mol. The SMILES string of the molecule is CC[C@@H](C(=O)OCc1nnc(-c2ccc([N+](=O)[O-])cc2)o1)c1ccccc1. The fraction of sp³-hybridized carbons (Fsp3) is 0.211. The van der Waals surface area contributed by atoms with Crippen molar-refractivity contribution in [3.63, 3.8) is 0 Å². The predicted molar refractivity (Wildman–Crippen MR) is 95.7 cm³/mol. The van der Waals surface area contributed by atoms with Crippen molar-refractivity contribution in [2.45, 2.75) is 25.9 Å². The molecule has 8 heteroatoms. The zero-order chi connectivity index (χ0) is 19.2. The van der Waals surface area contributed by atoms with E-state index in [1.807, 2.05) is 37.3 Å². The zero-order valence-corrected chi connectivity index (χ0v) is 14.6. The van der Waals surface area contributed by atoms with Crippen LogP contribution in [0, 0.1) is 10.1 Å². The highest BCUT2D eigenvalue weighted by Crippen LogP contribution is 2.23. The molecule has 0 spiro atoms. The van der Waals surface area contributed by atoms with Gasteiger partial charge in [-0.3, -0.25) is 14.9 Å². The molecule has 8 nitrogen and oxygen atoms in total. The minimum atomic E-state index is -0.487. The quantitative estimate of drug-likeness (QED) is 0.354. The molecule has 0 aliphatic heterocycles. The van der Waals surface area contributed by atoms with Gasteiger partial charge in [-0.15, -0.1) is 10.2 Å². The summed E-state index contributed by atoms with van der Waals surface area (Å²) >= 11 is 0. The number of ether oxygens (including phenoxy) is 1. The van der Waals surface area contributed by atoms with E-state index in [2.05, 4.69) is 10.2 Å². The number of hydrogen-bond donors (Lipinski definition) is 0. The van der Waals surface area contributed by atoms with E-state index in [0.29, 0.717) is 12.0 Å². The molecule has 1 atom stereocenters. The van der Waals surface area contributed by atoms with Crippen LogP contribution in [0.5, 0.6) is 0 Å². The third-order valence-corrected chi connectivity index (χ3v) is 4.02. The summed E-state index contributed by atoms with van der Waals surface area (Å²) in [5.74, 6) is -0.368. The lowest BCUT2D eigenvalue weighted by Crippen LogP contribution is -2.15. The normalized spacial score (nSPS) is 11.7. The fourth-order valence-electron chi connectivity index (χ4n) is 2.61. The Labute approximate surface area is 155 Å². The Morgan fingerprint density at radius 1 is 1.15 bits per heavy atom. The monoisotopic (exact) mass is 367 g/mol. The highest BCUT2D eigenvalue weighted by molar-refractivity contribution is 5.78. The summed E-state index contributed by atoms with van der Waals surface area (Å²) in [4.78, 5) is 22.6. The van der Waals surface area contributed by atoms with Crippen LogP contribution in [0.3, 0.4) is 0 Å². The molecule has 0 unspecified atom stereocenters. The lowest BCUT2D eigenvalue weighted by molar-refractivity contribution is -0.384. The van der Waals surface area contributed by atoms with Gasteiger partial charge in [0.1, 0.15) is 0 Å². The number of benzene rings is 2. The second-order valence-electron chi connectivity index (χ2n) is 5.78. The van der Waals surface area contributed by atoms with E-state index in [-0.39, 0.29) is 36.0 Å². The molecule has 0 amide bonds. The number of nitro groups is 1. The van der Waals surface area contributed by atoms with Crippen molar-refractivity contribution in [1.29, 1.82) is 0 Å². The van der Waals surface area contributed by atoms with Crippen LogP contribution in [-0.2, 0) is 16.1 Å². The Hall–Kier alpha value is -3.55. The molecule has 138 valence electrons. The number of aromatic nitrogens is 2. The van der Waals surface area contributed by atoms with E-state index in [1.54, 1.807) is 0 Å². The molecule has 0 aliphatic carbocycles. The molecule has 0 radical (unpaired) electrons. The molecular weight excluding hydrogens is 350 g/mol. The Morgan fingerprint density at radius 2 is 1.85 bits per heavy atom. The Bertz CT molecular complexity index is 922. The van der Waals surface area contributed by atoms with Crippen molar-refractivity contribution in [2.24, 2.45) is 0 Å². The molecule has 0 N–H and O–H groups in total. The summed E-state index contributed by atoms with van der Waals surface area (Å²) in [6.45, 7) is 1.78. The van der Waals surface area contributed by atoms with Gasteiger partial charge in [-0.1, -0.05) is 37.3 Å². The van der Waals surface area contributed by atoms with Gasteiger partial charge >= 0.3 is 5.97 Å². The summed E-state index contributed by atoms with van der Waals surface area (Å²) < 4.78 is 10.8. The standard InChI is InChI=1S/C19H17N3O5/c1-2-16(13-6-4-3-5-7-13)19(23)26-12-17-20-21-18(27-17)14-8-10-15(11-9-14)22(24)25/h3-11,16H,2,12H2,1H3/t16-/m1/s1. The maximum absolute atomic E-state index is 12.4. The van der Waals surface area contributed by atoms with Crippen LogP contribution >= 0.6 is 0 Å². The molecule has 27 heavy (non-hydrogen) atoms. The minimum Gasteiger partial charge on any atom is -0.455 e. The van der Waals surface area contributed by atoms with Crippen LogP contribution in [0.2, 0.25) is 0 Å². The van der Waals surface area contributed by atoms with E-state index in [9.17, 15) is 14.9 Å². The molecule has 0 fully saturated rings. The van der Waals surface area contributed by atoms with Gasteiger partial charge in [-0.25, -0.2) is 0 Å². The first-order valence-corrected chi connectivity index (χ1v) is 8.37. The van der Waals surface area contributed by atoms with Crippen LogP contribution in [0.1, 0.15) is 30.7 Å². The number of non-ortho nitro benzene ring substituents is 1. The zero-order valence-electron chi connectivity index (χ0n) is 14.6. The molecule has 0 saturated carbocycles. The third kappa shape index (κ3) is 4.35. The van der Waals surface area contributed by atoms with Crippen molar-refractivity contribution in [3.8, 4) is 11.5 Å². The maximum atomic E-state index is 12.4. The third-order valence-electron chi connectivity index (χ3n) is 4.02. The predicted octanol–water partition coefficient (Wildman–Crippen LogP) is 3.88. The molecule has 3 rings (SSSR count). The van der Waals surface area contributed by atoms with Gasteiger partial charge in [0, 0.05) is 17.7 Å². The summed E-state index contributed by atoms with van der Waals surface area (Å²) in [5.41, 5.74) is 1.41. The Kier molecular flexibility index (Phi) is 5.55. The van der Waals surface area contributed by atoms with E-state index in [4.69, 9.17) is 9.15 Å². The van der Waals surface area contributed by atoms with Crippen molar-refractivity contribution in [3.05, 3.63) is 76.2 Å². The van der Waals surface area contributed by atoms with E-state index in [1.165, 1.54) is 24.3 Å². The molecular formula is C19H17N3O5. The smallest absolute Gasteiger partial charge is 0.313 e. The topological polar surface area (TPSA) is 108 Å². The molecule has 2 aromatic carbocycles. The van der Waals surface area contributed by atoms with Gasteiger partial charge in [0.2, 0.25) is 5.89 Å². The maximum Gasteiger partial charge on any atom is 0.313 e. The van der Waals surface area contributed by atoms with Crippen molar-refractivity contribution in [2.75, 3.05) is 0 Å². The van der Waals surface area contributed by atoms with Crippen LogP contribution in [0.15, 0.2) is 59.0 Å². The summed E-state index contributed by atoms with van der Waals surface area (Å²) in [6.07, 6.45) is 0.612. The first-order valence-electron chi connectivity index (χ1n) is 8.37. The average Bonchev–Trinajstić information content (AvgIpc) is 3.17. The number of esters is 1. The van der Waals surface area contributed by atoms with Crippen LogP contribution in [0.4, 0.5) is 5.69 Å². The second-order valence-corrected chi connectivity index (χ2v) is 5.78. The summed E-state index contributed by atoms with van der Waals surface area (Å²) in [7, 11) is 0. The van der Waals surface area contributed by atoms with Crippen LogP contribution in [-0.4, -0.2) is 21.1 Å². The number of nitrogens with zero attached hydrogens (tertiary/aromatic N) is 3. The molecule has 1 aromatic heterocycles. The van der Waals surface area contributed by atoms with Crippen molar-refractivity contribution in [1.82, 2.24) is 10.2 Å². The van der Waals surface area contributed by atoms with Gasteiger partial charge in [0.15, 0.2) is 6.61 Å². The Morgan fingerprint density at radius 3 is 2.48 bits per heavy atom. The summed E-state index contributed by atoms with van der Waals surface area (Å²) in [5, 5.41) is 18.4. The first-order chi connectivity index (χ1) is 13.1. The number of hydrogen-bond acceptors (Lipinski definition) is 7. The van der Waals surface area contributed by atoms with E-state index >= 15 is 0 Å². The van der Waals surface area contributed by atoms with Gasteiger partial charge in [0.05, 0.1) is 10.8 Å². The largest absolute Gasteiger partial charge is 0.455 e. The van der Waals surface area contributed by atoms with Crippen LogP contribution < -0.4 is 0 Å². The highest BCUT2D eigenvalue weighted by atomic mass is 16.6. The number of carbonyl (C=O) groups excluding carboxylic acids is 1. The minimum absolute atomic E-state index is 0.0288. The second kappa shape index (κ2) is 8.22. The molecule has 0 aliphatic rings. The van der Waals surface area contributed by atoms with Crippen molar-refractivity contribution >= 4 is 11.7 Å². The van der Waals surface area contributed by atoms with Gasteiger partial charge < -0.3 is 9.15 Å². The van der Waals surface area contributed by atoms with Gasteiger partial charge in [0.25, 0.3) is 11.6 Å². The van der Waals surface area contributed by atoms with E-state index in [0.717, 1.165) is 5.56 Å². The number of rotatable bonds is 7. The molecule has 1 heterocycles. The van der Waals surface area contributed by atoms with Crippen molar-refractivity contribution < 1.29 is 18.9 Å². The van der Waals surface area contributed by atoms with Crippen LogP contribution in [0.25, 0.3) is 11.5 Å². The number of carbonyl (C=O) groups is 1. The lowest BCUT2D eigenvalue weighted by Gasteiger charge is -2.13. The highest BCUT2D eigenvalue weighted by Gasteiger charge is 2.21. The van der Waals surface area contributed by atoms with Gasteiger partial charge in [-0.05, 0) is 24.1 Å². The Balaban J connectivity index is 1.63. The molecule has 0 saturated heterocycles. The molecule has 3 aromatic rings. The van der Waals surface area contributed by atoms with Gasteiger partial charge in [-0.2, -0.15) is 0 Å². The lowest BCUT2D eigenvalue weighted by atomic mass is 9.97. The first kappa shape index (κ1) is 18.2. The fourth-order valence-corrected chi connectivity index (χ4v) is 2.61. The number of nitro benzene ring substituents is 1. The molecule has 0 bridgehead atoms. The summed E-state index contributed by atoms with van der Waals surface area (Å²) in [6, 6.07) is 15.1. The van der Waals surface area contributed by atoms with E-state index < -0.39 is 4.92 Å².